The largest absolute Gasteiger partial charge is 0.416 e. The fourth-order valence-electron chi connectivity index (χ4n) is 3.04. The Morgan fingerprint density at radius 1 is 1.12 bits per heavy atom. The summed E-state index contributed by atoms with van der Waals surface area (Å²) in [7, 11) is 0. The smallest absolute Gasteiger partial charge is 0.399 e. The van der Waals surface area contributed by atoms with Crippen molar-refractivity contribution in [2.75, 3.05) is 5.73 Å². The lowest BCUT2D eigenvalue weighted by Gasteiger charge is -2.26. The third kappa shape index (κ3) is 4.25. The van der Waals surface area contributed by atoms with Crippen LogP contribution in [0.15, 0.2) is 42.5 Å². The summed E-state index contributed by atoms with van der Waals surface area (Å²) in [6, 6.07) is 9.70. The molecule has 0 fully saturated rings. The van der Waals surface area contributed by atoms with Crippen LogP contribution in [0.2, 0.25) is 0 Å². The molecule has 0 aromatic heterocycles. The highest BCUT2D eigenvalue weighted by Crippen LogP contribution is 2.32. The summed E-state index contributed by atoms with van der Waals surface area (Å²) in [4.78, 5) is 12.3. The molecule has 0 spiro atoms. The zero-order chi connectivity index (χ0) is 17.3. The van der Waals surface area contributed by atoms with Crippen molar-refractivity contribution < 1.29 is 18.0 Å². The van der Waals surface area contributed by atoms with Crippen molar-refractivity contribution in [2.24, 2.45) is 0 Å². The molecule has 25 heavy (non-hydrogen) atoms. The van der Waals surface area contributed by atoms with Crippen molar-refractivity contribution in [1.82, 2.24) is 5.32 Å². The van der Waals surface area contributed by atoms with E-state index in [0.29, 0.717) is 5.69 Å². The fourth-order valence-corrected chi connectivity index (χ4v) is 3.04. The minimum absolute atomic E-state index is 0. The Hall–Kier alpha value is -2.21. The number of carbonyl (C=O) groups is 1. The number of halogens is 4. The van der Waals surface area contributed by atoms with E-state index in [2.05, 4.69) is 5.32 Å². The number of nitrogens with two attached hydrogens (primary N) is 1. The maximum absolute atomic E-state index is 12.6. The number of nitrogens with one attached hydrogen (secondary N) is 1. The molecule has 2 aromatic rings. The zero-order valence-corrected chi connectivity index (χ0v) is 14.1. The van der Waals surface area contributed by atoms with E-state index in [0.717, 1.165) is 42.5 Å². The Balaban J connectivity index is 0.00000225. The van der Waals surface area contributed by atoms with Crippen LogP contribution in [0.3, 0.4) is 0 Å². The van der Waals surface area contributed by atoms with Gasteiger partial charge >= 0.3 is 6.18 Å². The number of aryl methyl sites for hydroxylation is 1. The summed E-state index contributed by atoms with van der Waals surface area (Å²) in [6.07, 6.45) is -1.78. The van der Waals surface area contributed by atoms with Crippen LogP contribution in [0.25, 0.3) is 0 Å². The number of rotatable bonds is 2. The van der Waals surface area contributed by atoms with Crippen LogP contribution in [0.1, 0.15) is 45.9 Å². The van der Waals surface area contributed by atoms with Crippen LogP contribution in [0.4, 0.5) is 18.9 Å². The van der Waals surface area contributed by atoms with Crippen LogP contribution < -0.4 is 11.1 Å². The Morgan fingerprint density at radius 2 is 1.80 bits per heavy atom. The summed E-state index contributed by atoms with van der Waals surface area (Å²) in [6.45, 7) is 0. The van der Waals surface area contributed by atoms with Gasteiger partial charge in [0, 0.05) is 11.3 Å². The molecule has 0 radical (unpaired) electrons. The highest BCUT2D eigenvalue weighted by Gasteiger charge is 2.30. The van der Waals surface area contributed by atoms with Gasteiger partial charge in [-0.2, -0.15) is 13.2 Å². The van der Waals surface area contributed by atoms with Crippen molar-refractivity contribution in [3.05, 3.63) is 64.7 Å². The lowest BCUT2D eigenvalue weighted by Crippen LogP contribution is -2.31. The third-order valence-electron chi connectivity index (χ3n) is 4.26. The van der Waals surface area contributed by atoms with Gasteiger partial charge in [0.05, 0.1) is 11.6 Å². The first-order valence-electron chi connectivity index (χ1n) is 7.71. The molecule has 1 aliphatic rings. The highest BCUT2D eigenvalue weighted by atomic mass is 35.5. The van der Waals surface area contributed by atoms with Crippen molar-refractivity contribution in [3.63, 3.8) is 0 Å². The second-order valence-electron chi connectivity index (χ2n) is 5.95. The highest BCUT2D eigenvalue weighted by molar-refractivity contribution is 5.94. The van der Waals surface area contributed by atoms with Gasteiger partial charge in [0.2, 0.25) is 0 Å². The number of fused-ring (bicyclic) bond motifs is 1. The maximum atomic E-state index is 12.6. The maximum Gasteiger partial charge on any atom is 0.416 e. The average molecular weight is 371 g/mol. The van der Waals surface area contributed by atoms with Gasteiger partial charge in [-0.25, -0.2) is 0 Å². The Labute approximate surface area is 149 Å². The lowest BCUT2D eigenvalue weighted by molar-refractivity contribution is -0.137. The van der Waals surface area contributed by atoms with E-state index in [1.807, 2.05) is 12.1 Å². The number of carbonyl (C=O) groups excluding carboxylic acids is 1. The second kappa shape index (κ2) is 7.35. The van der Waals surface area contributed by atoms with Gasteiger partial charge in [-0.1, -0.05) is 6.07 Å². The van der Waals surface area contributed by atoms with Gasteiger partial charge in [0.15, 0.2) is 0 Å². The molecule has 3 N–H and O–H groups in total. The molecule has 3 rings (SSSR count). The lowest BCUT2D eigenvalue weighted by atomic mass is 9.87. The molecular weight excluding hydrogens is 353 g/mol. The Bertz CT molecular complexity index is 760. The van der Waals surface area contributed by atoms with Crippen LogP contribution in [-0.2, 0) is 12.6 Å². The monoisotopic (exact) mass is 370 g/mol. The van der Waals surface area contributed by atoms with Gasteiger partial charge in [-0.05, 0) is 66.8 Å². The third-order valence-corrected chi connectivity index (χ3v) is 4.26. The van der Waals surface area contributed by atoms with Gasteiger partial charge in [0.25, 0.3) is 5.91 Å². The van der Waals surface area contributed by atoms with Crippen LogP contribution in [0, 0.1) is 0 Å². The molecule has 0 saturated heterocycles. The molecule has 0 aliphatic heterocycles. The van der Waals surface area contributed by atoms with Crippen molar-refractivity contribution in [1.29, 1.82) is 0 Å². The van der Waals surface area contributed by atoms with Gasteiger partial charge in [0.1, 0.15) is 0 Å². The number of amides is 1. The summed E-state index contributed by atoms with van der Waals surface area (Å²) in [5.41, 5.74) is 8.05. The number of hydrogen-bond acceptors (Lipinski definition) is 2. The predicted molar refractivity (Wildman–Crippen MR) is 92.7 cm³/mol. The van der Waals surface area contributed by atoms with Crippen LogP contribution >= 0.6 is 12.4 Å². The average Bonchev–Trinajstić information content (AvgIpc) is 2.54. The summed E-state index contributed by atoms with van der Waals surface area (Å²) < 4.78 is 37.7. The van der Waals surface area contributed by atoms with Crippen molar-refractivity contribution >= 4 is 24.0 Å². The molecule has 0 bridgehead atoms. The first-order valence-corrected chi connectivity index (χ1v) is 7.71. The van der Waals surface area contributed by atoms with E-state index in [4.69, 9.17) is 5.73 Å². The van der Waals surface area contributed by atoms with Gasteiger partial charge < -0.3 is 11.1 Å². The number of benzene rings is 2. The molecule has 1 atom stereocenters. The topological polar surface area (TPSA) is 55.1 Å². The van der Waals surface area contributed by atoms with Crippen LogP contribution in [0.5, 0.6) is 0 Å². The van der Waals surface area contributed by atoms with Gasteiger partial charge in [-0.3, -0.25) is 4.79 Å². The standard InChI is InChI=1S/C18H17F3N2O.ClH/c19-18(20,21)13-6-4-11(5-7-13)17(24)23-16-3-1-2-12-10-14(22)8-9-15(12)16;/h4-10,16H,1-3,22H2,(H,23,24);1H. The second-order valence-corrected chi connectivity index (χ2v) is 5.95. The Kier molecular flexibility index (Phi) is 5.62. The molecule has 1 aliphatic carbocycles. The number of hydrogen-bond donors (Lipinski definition) is 2. The molecule has 1 unspecified atom stereocenters. The first-order chi connectivity index (χ1) is 11.3. The molecule has 0 heterocycles. The van der Waals surface area contributed by atoms with Crippen LogP contribution in [-0.4, -0.2) is 5.91 Å². The first kappa shape index (κ1) is 19.1. The minimum Gasteiger partial charge on any atom is -0.399 e. The van der Waals surface area contributed by atoms with E-state index in [1.54, 1.807) is 6.07 Å². The molecule has 7 heteroatoms. The molecule has 1 amide bonds. The predicted octanol–water partition coefficient (Wildman–Crippen LogP) is 4.52. The quantitative estimate of drug-likeness (QED) is 0.764. The van der Waals surface area contributed by atoms with E-state index in [1.165, 1.54) is 12.1 Å². The number of anilines is 1. The van der Waals surface area contributed by atoms with Crippen molar-refractivity contribution in [3.8, 4) is 0 Å². The van der Waals surface area contributed by atoms with Gasteiger partial charge in [-0.15, -0.1) is 12.4 Å². The SMILES string of the molecule is Cl.Nc1ccc2c(c1)CCCC2NC(=O)c1ccc(C(F)(F)F)cc1. The van der Waals surface area contributed by atoms with E-state index in [9.17, 15) is 18.0 Å². The number of nitrogen functional groups attached to an aromatic ring is 1. The minimum atomic E-state index is -4.41. The van der Waals surface area contributed by atoms with E-state index >= 15 is 0 Å². The molecule has 3 nitrogen and oxygen atoms in total. The number of alkyl halides is 3. The summed E-state index contributed by atoms with van der Waals surface area (Å²) >= 11 is 0. The molecule has 2 aromatic carbocycles. The molecular formula is C18H18ClF3N2O. The Morgan fingerprint density at radius 3 is 2.44 bits per heavy atom. The zero-order valence-electron chi connectivity index (χ0n) is 13.3. The van der Waals surface area contributed by atoms with E-state index < -0.39 is 11.7 Å². The normalized spacial score (nSPS) is 16.5. The summed E-state index contributed by atoms with van der Waals surface area (Å²) in [5.74, 6) is -0.376. The molecule has 0 saturated carbocycles. The van der Waals surface area contributed by atoms with E-state index in [-0.39, 0.29) is 29.9 Å². The fraction of sp³-hybridized carbons (Fsp3) is 0.278. The summed E-state index contributed by atoms with van der Waals surface area (Å²) in [5, 5.41) is 2.91. The van der Waals surface area contributed by atoms with Crippen molar-refractivity contribution in [2.45, 2.75) is 31.5 Å². The molecule has 134 valence electrons.